The lowest BCUT2D eigenvalue weighted by molar-refractivity contribution is -0.274. The van der Waals surface area contributed by atoms with Gasteiger partial charge in [0.2, 0.25) is 15.9 Å². The Morgan fingerprint density at radius 1 is 1.00 bits per heavy atom. The molecule has 0 saturated heterocycles. The highest BCUT2D eigenvalue weighted by molar-refractivity contribution is 7.88. The average molecular weight is 388 g/mol. The summed E-state index contributed by atoms with van der Waals surface area (Å²) in [6.07, 6.45) is -4.82. The summed E-state index contributed by atoms with van der Waals surface area (Å²) in [5, 5.41) is 7.55. The van der Waals surface area contributed by atoms with Crippen molar-refractivity contribution in [2.24, 2.45) is 5.14 Å². The standard InChI is InChI=1S/C16H15F3N2O4S/c17-16(18,19)25-14-7-3-11(4-8-14)9-15(22)21-13-5-1-12(2-6-13)10-26(20,23)24/h1-8H,9-10H2,(H,21,22)(H2,20,23,24). The minimum Gasteiger partial charge on any atom is -0.406 e. The van der Waals surface area contributed by atoms with Gasteiger partial charge in [-0.2, -0.15) is 0 Å². The number of nitrogens with two attached hydrogens (primary N) is 1. The van der Waals surface area contributed by atoms with Gasteiger partial charge in [0.1, 0.15) is 5.75 Å². The van der Waals surface area contributed by atoms with Crippen molar-refractivity contribution in [3.63, 3.8) is 0 Å². The number of carbonyl (C=O) groups excluding carboxylic acids is 1. The molecule has 0 fully saturated rings. The Hall–Kier alpha value is -2.59. The first kappa shape index (κ1) is 19.7. The highest BCUT2D eigenvalue weighted by atomic mass is 32.2. The van der Waals surface area contributed by atoms with E-state index in [0.29, 0.717) is 16.8 Å². The highest BCUT2D eigenvalue weighted by Crippen LogP contribution is 2.23. The molecule has 0 spiro atoms. The maximum Gasteiger partial charge on any atom is 0.573 e. The van der Waals surface area contributed by atoms with Gasteiger partial charge in [0.25, 0.3) is 0 Å². The van der Waals surface area contributed by atoms with E-state index >= 15 is 0 Å². The van der Waals surface area contributed by atoms with Crippen LogP contribution in [0, 0.1) is 0 Å². The Labute approximate surface area is 147 Å². The van der Waals surface area contributed by atoms with Gasteiger partial charge in [0, 0.05) is 5.69 Å². The lowest BCUT2D eigenvalue weighted by Gasteiger charge is -2.09. The number of primary sulfonamides is 1. The molecule has 0 atom stereocenters. The van der Waals surface area contributed by atoms with Gasteiger partial charge in [-0.05, 0) is 35.4 Å². The third-order valence-corrected chi connectivity index (χ3v) is 3.86. The third-order valence-electron chi connectivity index (χ3n) is 3.13. The van der Waals surface area contributed by atoms with Gasteiger partial charge in [-0.1, -0.05) is 24.3 Å². The fourth-order valence-electron chi connectivity index (χ4n) is 2.12. The van der Waals surface area contributed by atoms with E-state index in [9.17, 15) is 26.4 Å². The molecule has 26 heavy (non-hydrogen) atoms. The maximum absolute atomic E-state index is 12.1. The summed E-state index contributed by atoms with van der Waals surface area (Å²) in [4.78, 5) is 12.0. The first-order chi connectivity index (χ1) is 12.0. The number of halogens is 3. The maximum atomic E-state index is 12.1. The minimum atomic E-state index is -4.77. The number of rotatable bonds is 6. The monoisotopic (exact) mass is 388 g/mol. The van der Waals surface area contributed by atoms with Crippen molar-refractivity contribution in [1.82, 2.24) is 0 Å². The first-order valence-electron chi connectivity index (χ1n) is 7.24. The molecule has 0 aliphatic rings. The molecule has 6 nitrogen and oxygen atoms in total. The Kier molecular flexibility index (Phi) is 5.88. The number of alkyl halides is 3. The van der Waals surface area contributed by atoms with E-state index in [-0.39, 0.29) is 23.8 Å². The van der Waals surface area contributed by atoms with Crippen molar-refractivity contribution in [3.8, 4) is 5.75 Å². The lowest BCUT2D eigenvalue weighted by atomic mass is 10.1. The van der Waals surface area contributed by atoms with E-state index in [1.165, 1.54) is 36.4 Å². The van der Waals surface area contributed by atoms with Gasteiger partial charge in [0.05, 0.1) is 12.2 Å². The molecule has 0 aromatic heterocycles. The summed E-state index contributed by atoms with van der Waals surface area (Å²) in [5.41, 5.74) is 1.43. The number of benzene rings is 2. The normalized spacial score (nSPS) is 11.8. The smallest absolute Gasteiger partial charge is 0.406 e. The number of hydrogen-bond donors (Lipinski definition) is 2. The molecule has 1 amide bonds. The van der Waals surface area contributed by atoms with E-state index in [4.69, 9.17) is 5.14 Å². The molecular formula is C16H15F3N2O4S. The molecule has 10 heteroatoms. The predicted molar refractivity (Wildman–Crippen MR) is 88.7 cm³/mol. The van der Waals surface area contributed by atoms with Crippen LogP contribution < -0.4 is 15.2 Å². The van der Waals surface area contributed by atoms with E-state index in [2.05, 4.69) is 10.1 Å². The molecule has 0 saturated carbocycles. The molecule has 2 rings (SSSR count). The van der Waals surface area contributed by atoms with Crippen LogP contribution in [0.15, 0.2) is 48.5 Å². The van der Waals surface area contributed by atoms with Crippen molar-refractivity contribution in [2.75, 3.05) is 5.32 Å². The van der Waals surface area contributed by atoms with Crippen LogP contribution in [-0.2, 0) is 27.0 Å². The highest BCUT2D eigenvalue weighted by Gasteiger charge is 2.30. The van der Waals surface area contributed by atoms with Crippen molar-refractivity contribution in [3.05, 3.63) is 59.7 Å². The van der Waals surface area contributed by atoms with Crippen LogP contribution in [0.2, 0.25) is 0 Å². The number of ether oxygens (including phenoxy) is 1. The predicted octanol–water partition coefficient (Wildman–Crippen LogP) is 2.55. The first-order valence-corrected chi connectivity index (χ1v) is 8.96. The number of nitrogens with one attached hydrogen (secondary N) is 1. The molecule has 0 radical (unpaired) electrons. The fourth-order valence-corrected chi connectivity index (χ4v) is 2.77. The van der Waals surface area contributed by atoms with E-state index in [1.807, 2.05) is 0 Å². The van der Waals surface area contributed by atoms with Crippen molar-refractivity contribution in [1.29, 1.82) is 0 Å². The fraction of sp³-hybridized carbons (Fsp3) is 0.188. The van der Waals surface area contributed by atoms with Crippen LogP contribution in [-0.4, -0.2) is 20.7 Å². The summed E-state index contributed by atoms with van der Waals surface area (Å²) in [5.74, 6) is -1.06. The quantitative estimate of drug-likeness (QED) is 0.795. The molecule has 0 bridgehead atoms. The van der Waals surface area contributed by atoms with E-state index in [0.717, 1.165) is 12.1 Å². The number of hydrogen-bond acceptors (Lipinski definition) is 4. The topological polar surface area (TPSA) is 98.5 Å². The van der Waals surface area contributed by atoms with E-state index in [1.54, 1.807) is 0 Å². The van der Waals surface area contributed by atoms with Gasteiger partial charge in [-0.15, -0.1) is 13.2 Å². The molecule has 2 aromatic carbocycles. The number of anilines is 1. The Balaban J connectivity index is 1.92. The lowest BCUT2D eigenvalue weighted by Crippen LogP contribution is -2.17. The molecule has 0 aliphatic heterocycles. The van der Waals surface area contributed by atoms with Crippen LogP contribution in [0.5, 0.6) is 5.75 Å². The molecular weight excluding hydrogens is 373 g/mol. The van der Waals surface area contributed by atoms with E-state index < -0.39 is 16.4 Å². The Bertz CT molecular complexity index is 864. The third kappa shape index (κ3) is 7.11. The zero-order valence-corrected chi connectivity index (χ0v) is 14.1. The van der Waals surface area contributed by atoms with Gasteiger partial charge < -0.3 is 10.1 Å². The van der Waals surface area contributed by atoms with Gasteiger partial charge in [-0.25, -0.2) is 13.6 Å². The number of carbonyl (C=O) groups is 1. The largest absolute Gasteiger partial charge is 0.573 e. The SMILES string of the molecule is NS(=O)(=O)Cc1ccc(NC(=O)Cc2ccc(OC(F)(F)F)cc2)cc1. The molecule has 0 aliphatic carbocycles. The zero-order valence-electron chi connectivity index (χ0n) is 13.3. The second kappa shape index (κ2) is 7.75. The summed E-state index contributed by atoms with van der Waals surface area (Å²) < 4.78 is 62.0. The summed E-state index contributed by atoms with van der Waals surface area (Å²) in [7, 11) is -3.64. The molecule has 2 aromatic rings. The molecule has 0 heterocycles. The van der Waals surface area contributed by atoms with Gasteiger partial charge in [-0.3, -0.25) is 4.79 Å². The molecule has 3 N–H and O–H groups in total. The number of sulfonamides is 1. The van der Waals surface area contributed by atoms with Crippen molar-refractivity contribution >= 4 is 21.6 Å². The summed E-state index contributed by atoms with van der Waals surface area (Å²) in [6.45, 7) is 0. The summed E-state index contributed by atoms with van der Waals surface area (Å²) in [6, 6.07) is 11.0. The van der Waals surface area contributed by atoms with Crippen LogP contribution in [0.25, 0.3) is 0 Å². The zero-order chi connectivity index (χ0) is 19.4. The van der Waals surface area contributed by atoms with Crippen molar-refractivity contribution in [2.45, 2.75) is 18.5 Å². The van der Waals surface area contributed by atoms with Crippen LogP contribution in [0.3, 0.4) is 0 Å². The van der Waals surface area contributed by atoms with Crippen LogP contribution >= 0.6 is 0 Å². The minimum absolute atomic E-state index is 0.0504. The van der Waals surface area contributed by atoms with Gasteiger partial charge in [0.15, 0.2) is 0 Å². The Morgan fingerprint density at radius 3 is 2.04 bits per heavy atom. The van der Waals surface area contributed by atoms with Crippen LogP contribution in [0.4, 0.5) is 18.9 Å². The average Bonchev–Trinajstić information content (AvgIpc) is 2.48. The van der Waals surface area contributed by atoms with Crippen LogP contribution in [0.1, 0.15) is 11.1 Å². The second-order valence-corrected chi connectivity index (χ2v) is 7.04. The summed E-state index contributed by atoms with van der Waals surface area (Å²) >= 11 is 0. The second-order valence-electron chi connectivity index (χ2n) is 5.42. The van der Waals surface area contributed by atoms with Gasteiger partial charge >= 0.3 is 6.36 Å². The molecule has 0 unspecified atom stereocenters. The van der Waals surface area contributed by atoms with Crippen molar-refractivity contribution < 1.29 is 31.1 Å². The number of amides is 1. The molecule has 140 valence electrons. The Morgan fingerprint density at radius 2 is 1.54 bits per heavy atom.